The van der Waals surface area contributed by atoms with Crippen LogP contribution in [0.2, 0.25) is 0 Å². The first kappa shape index (κ1) is 18.2. The summed E-state index contributed by atoms with van der Waals surface area (Å²) < 4.78 is 1.67. The summed E-state index contributed by atoms with van der Waals surface area (Å²) in [6.45, 7) is 4.17. The van der Waals surface area contributed by atoms with Gasteiger partial charge in [-0.2, -0.15) is 5.10 Å². The summed E-state index contributed by atoms with van der Waals surface area (Å²) in [5.41, 5.74) is 2.34. The van der Waals surface area contributed by atoms with Gasteiger partial charge in [0, 0.05) is 32.0 Å². The fourth-order valence-corrected chi connectivity index (χ4v) is 3.45. The molecule has 1 amide bonds. The number of piperidine rings is 1. The van der Waals surface area contributed by atoms with Gasteiger partial charge in [-0.25, -0.2) is 4.68 Å². The van der Waals surface area contributed by atoms with Crippen molar-refractivity contribution >= 4 is 11.7 Å². The maximum atomic E-state index is 12.6. The predicted octanol–water partition coefficient (Wildman–Crippen LogP) is 2.50. The van der Waals surface area contributed by atoms with E-state index in [1.165, 1.54) is 5.56 Å². The van der Waals surface area contributed by atoms with Gasteiger partial charge in [-0.15, -0.1) is 10.2 Å². The van der Waals surface area contributed by atoms with Crippen LogP contribution in [0.1, 0.15) is 24.0 Å². The van der Waals surface area contributed by atoms with Crippen molar-refractivity contribution in [2.45, 2.75) is 26.3 Å². The Kier molecular flexibility index (Phi) is 5.32. The molecule has 1 N–H and O–H groups in total. The van der Waals surface area contributed by atoms with Crippen LogP contribution in [0, 0.1) is 12.8 Å². The average molecular weight is 376 g/mol. The van der Waals surface area contributed by atoms with Crippen LogP contribution in [0.15, 0.2) is 54.9 Å². The quantitative estimate of drug-likeness (QED) is 0.740. The fourth-order valence-electron chi connectivity index (χ4n) is 3.45. The lowest BCUT2D eigenvalue weighted by molar-refractivity contribution is -0.125. The van der Waals surface area contributed by atoms with Gasteiger partial charge >= 0.3 is 0 Å². The summed E-state index contributed by atoms with van der Waals surface area (Å²) in [4.78, 5) is 14.8. The minimum atomic E-state index is -0.0354. The Morgan fingerprint density at radius 3 is 2.64 bits per heavy atom. The van der Waals surface area contributed by atoms with Crippen LogP contribution in [-0.2, 0) is 11.3 Å². The minimum Gasteiger partial charge on any atom is -0.354 e. The smallest absolute Gasteiger partial charge is 0.225 e. The normalized spacial score (nSPS) is 16.8. The van der Waals surface area contributed by atoms with Gasteiger partial charge in [0.25, 0.3) is 0 Å². The van der Waals surface area contributed by atoms with Crippen molar-refractivity contribution in [3.8, 4) is 5.82 Å². The number of nitrogens with one attached hydrogen (secondary N) is 1. The first-order chi connectivity index (χ1) is 13.7. The van der Waals surface area contributed by atoms with Gasteiger partial charge in [-0.3, -0.25) is 4.79 Å². The number of nitrogens with zero attached hydrogens (tertiary/aromatic N) is 5. The van der Waals surface area contributed by atoms with Crippen molar-refractivity contribution in [3.63, 3.8) is 0 Å². The van der Waals surface area contributed by atoms with Crippen LogP contribution < -0.4 is 10.2 Å². The third-order valence-electron chi connectivity index (χ3n) is 5.08. The van der Waals surface area contributed by atoms with Crippen molar-refractivity contribution in [1.82, 2.24) is 25.3 Å². The monoisotopic (exact) mass is 376 g/mol. The van der Waals surface area contributed by atoms with Crippen molar-refractivity contribution in [2.24, 2.45) is 5.92 Å². The molecule has 7 nitrogen and oxygen atoms in total. The molecule has 0 radical (unpaired) electrons. The summed E-state index contributed by atoms with van der Waals surface area (Å²) in [5, 5.41) is 15.8. The van der Waals surface area contributed by atoms with Gasteiger partial charge < -0.3 is 10.2 Å². The molecule has 0 saturated carbocycles. The number of aryl methyl sites for hydroxylation is 1. The molecule has 0 bridgehead atoms. The maximum Gasteiger partial charge on any atom is 0.225 e. The van der Waals surface area contributed by atoms with E-state index in [0.29, 0.717) is 18.9 Å². The van der Waals surface area contributed by atoms with E-state index in [4.69, 9.17) is 0 Å². The van der Waals surface area contributed by atoms with Crippen molar-refractivity contribution < 1.29 is 4.79 Å². The van der Waals surface area contributed by atoms with Crippen LogP contribution in [0.5, 0.6) is 0 Å². The summed E-state index contributed by atoms with van der Waals surface area (Å²) in [6, 6.07) is 13.9. The van der Waals surface area contributed by atoms with Crippen molar-refractivity contribution in [1.29, 1.82) is 0 Å². The molecule has 1 saturated heterocycles. The maximum absolute atomic E-state index is 12.6. The molecular weight excluding hydrogens is 352 g/mol. The molecule has 28 heavy (non-hydrogen) atoms. The van der Waals surface area contributed by atoms with Gasteiger partial charge in [-0.05, 0) is 43.5 Å². The highest BCUT2D eigenvalue weighted by Gasteiger charge is 2.26. The molecule has 1 aliphatic heterocycles. The topological polar surface area (TPSA) is 75.9 Å². The number of aromatic nitrogens is 4. The Bertz CT molecular complexity index is 905. The number of hydrogen-bond acceptors (Lipinski definition) is 5. The first-order valence-electron chi connectivity index (χ1n) is 9.61. The summed E-state index contributed by atoms with van der Waals surface area (Å²) >= 11 is 0. The molecule has 1 fully saturated rings. The number of anilines is 1. The second-order valence-electron chi connectivity index (χ2n) is 7.19. The van der Waals surface area contributed by atoms with Crippen LogP contribution in [-0.4, -0.2) is 39.0 Å². The zero-order valence-electron chi connectivity index (χ0n) is 16.0. The fraction of sp³-hybridized carbons (Fsp3) is 0.333. The third-order valence-corrected chi connectivity index (χ3v) is 5.08. The first-order valence-corrected chi connectivity index (χ1v) is 9.61. The lowest BCUT2D eigenvalue weighted by Crippen LogP contribution is -2.43. The van der Waals surface area contributed by atoms with Crippen LogP contribution in [0.25, 0.3) is 5.82 Å². The van der Waals surface area contributed by atoms with E-state index in [9.17, 15) is 4.79 Å². The molecule has 1 unspecified atom stereocenters. The Morgan fingerprint density at radius 2 is 1.93 bits per heavy atom. The standard InChI is InChI=1S/C21H24N6O/c1-16-5-7-17(8-6-16)14-22-21(28)18-4-2-12-26(15-18)19-9-10-20(25-24-19)27-13-3-11-23-27/h3,5-11,13,18H,2,4,12,14-15H2,1H3,(H,22,28). The number of carbonyl (C=O) groups is 1. The number of amides is 1. The second-order valence-corrected chi connectivity index (χ2v) is 7.19. The Labute approximate surface area is 164 Å². The zero-order chi connectivity index (χ0) is 19.3. The second kappa shape index (κ2) is 8.21. The zero-order valence-corrected chi connectivity index (χ0v) is 16.0. The van der Waals surface area contributed by atoms with Crippen molar-refractivity contribution in [2.75, 3.05) is 18.0 Å². The molecule has 1 aliphatic rings. The number of carbonyl (C=O) groups excluding carboxylic acids is 1. The highest BCUT2D eigenvalue weighted by molar-refractivity contribution is 5.79. The number of benzene rings is 1. The van der Waals surface area contributed by atoms with Crippen LogP contribution in [0.4, 0.5) is 5.82 Å². The van der Waals surface area contributed by atoms with E-state index >= 15 is 0 Å². The summed E-state index contributed by atoms with van der Waals surface area (Å²) in [5.74, 6) is 1.54. The SMILES string of the molecule is Cc1ccc(CNC(=O)C2CCCN(c3ccc(-n4cccn4)nn3)C2)cc1. The van der Waals surface area contributed by atoms with Crippen LogP contribution in [0.3, 0.4) is 0 Å². The van der Waals surface area contributed by atoms with E-state index < -0.39 is 0 Å². The average Bonchev–Trinajstić information content (AvgIpc) is 3.28. The Balaban J connectivity index is 1.35. The molecule has 1 aromatic carbocycles. The van der Waals surface area contributed by atoms with Gasteiger partial charge in [0.05, 0.1) is 5.92 Å². The van der Waals surface area contributed by atoms with Gasteiger partial charge in [0.2, 0.25) is 5.91 Å². The number of rotatable bonds is 5. The Morgan fingerprint density at radius 1 is 1.14 bits per heavy atom. The summed E-state index contributed by atoms with van der Waals surface area (Å²) in [6.07, 6.45) is 5.40. The van der Waals surface area contributed by atoms with Gasteiger partial charge in [0.1, 0.15) is 0 Å². The molecule has 144 valence electrons. The van der Waals surface area contributed by atoms with E-state index in [1.54, 1.807) is 10.9 Å². The molecule has 0 spiro atoms. The Hall–Kier alpha value is -3.22. The molecule has 1 atom stereocenters. The summed E-state index contributed by atoms with van der Waals surface area (Å²) in [7, 11) is 0. The van der Waals surface area contributed by atoms with Gasteiger partial charge in [0.15, 0.2) is 11.6 Å². The molecular formula is C21H24N6O. The van der Waals surface area contributed by atoms with E-state index in [-0.39, 0.29) is 11.8 Å². The lowest BCUT2D eigenvalue weighted by Gasteiger charge is -2.32. The van der Waals surface area contributed by atoms with E-state index in [0.717, 1.165) is 30.8 Å². The molecule has 2 aromatic heterocycles. The molecule has 0 aliphatic carbocycles. The molecule has 3 aromatic rings. The molecule has 7 heteroatoms. The molecule has 4 rings (SSSR count). The van der Waals surface area contributed by atoms with Crippen LogP contribution >= 0.6 is 0 Å². The van der Waals surface area contributed by atoms with E-state index in [1.807, 2.05) is 24.4 Å². The van der Waals surface area contributed by atoms with E-state index in [2.05, 4.69) is 56.7 Å². The largest absolute Gasteiger partial charge is 0.354 e. The number of hydrogen-bond donors (Lipinski definition) is 1. The highest BCUT2D eigenvalue weighted by Crippen LogP contribution is 2.22. The lowest BCUT2D eigenvalue weighted by atomic mass is 9.97. The van der Waals surface area contributed by atoms with Gasteiger partial charge in [-0.1, -0.05) is 29.8 Å². The minimum absolute atomic E-state index is 0.0354. The predicted molar refractivity (Wildman–Crippen MR) is 107 cm³/mol. The third kappa shape index (κ3) is 4.19. The molecule has 3 heterocycles. The highest BCUT2D eigenvalue weighted by atomic mass is 16.1. The van der Waals surface area contributed by atoms with Crippen molar-refractivity contribution in [3.05, 3.63) is 66.0 Å².